The van der Waals surface area contributed by atoms with Crippen LogP contribution in [0.25, 0.3) is 0 Å². The Morgan fingerprint density at radius 1 is 1.23 bits per heavy atom. The van der Waals surface area contributed by atoms with Crippen LogP contribution in [0, 0.1) is 5.92 Å². The van der Waals surface area contributed by atoms with Gasteiger partial charge in [-0.2, -0.15) is 0 Å². The molecule has 1 aliphatic carbocycles. The summed E-state index contributed by atoms with van der Waals surface area (Å²) >= 11 is 0. The topological polar surface area (TPSA) is 46.2 Å². The molecule has 5 heteroatoms. The quantitative estimate of drug-likeness (QED) is 0.740. The SMILES string of the molecule is C=CCC1=C[C@]2(OC)[C@H](C)[C@@H](c3ccc4c(c3)OCO4)O[C@]2(OC)CC1. The van der Waals surface area contributed by atoms with E-state index in [0.717, 1.165) is 36.3 Å². The molecule has 4 atom stereocenters. The highest BCUT2D eigenvalue weighted by Crippen LogP contribution is 2.58. The predicted octanol–water partition coefficient (Wildman–Crippen LogP) is 4.15. The van der Waals surface area contributed by atoms with Crippen molar-refractivity contribution in [3.8, 4) is 11.5 Å². The van der Waals surface area contributed by atoms with Crippen LogP contribution in [0.3, 0.4) is 0 Å². The first-order valence-corrected chi connectivity index (χ1v) is 9.08. The third-order valence-corrected chi connectivity index (χ3v) is 6.04. The monoisotopic (exact) mass is 358 g/mol. The minimum atomic E-state index is -0.799. The van der Waals surface area contributed by atoms with E-state index in [1.54, 1.807) is 14.2 Å². The fraction of sp³-hybridized carbons (Fsp3) is 0.524. The second kappa shape index (κ2) is 6.41. The molecule has 1 aromatic carbocycles. The van der Waals surface area contributed by atoms with Gasteiger partial charge in [0.1, 0.15) is 5.60 Å². The van der Waals surface area contributed by atoms with Gasteiger partial charge in [0.25, 0.3) is 0 Å². The van der Waals surface area contributed by atoms with Crippen LogP contribution in [-0.4, -0.2) is 32.4 Å². The summed E-state index contributed by atoms with van der Waals surface area (Å²) in [6.45, 7) is 6.29. The van der Waals surface area contributed by atoms with Crippen LogP contribution in [-0.2, 0) is 14.2 Å². The van der Waals surface area contributed by atoms with E-state index >= 15 is 0 Å². The highest BCUT2D eigenvalue weighted by molar-refractivity contribution is 5.46. The molecule has 2 aliphatic heterocycles. The maximum atomic E-state index is 6.57. The van der Waals surface area contributed by atoms with Crippen molar-refractivity contribution in [3.63, 3.8) is 0 Å². The zero-order chi connectivity index (χ0) is 18.4. The molecule has 5 nitrogen and oxygen atoms in total. The van der Waals surface area contributed by atoms with Crippen LogP contribution in [0.5, 0.6) is 11.5 Å². The minimum absolute atomic E-state index is 0.0629. The molecule has 26 heavy (non-hydrogen) atoms. The van der Waals surface area contributed by atoms with E-state index in [-0.39, 0.29) is 18.8 Å². The van der Waals surface area contributed by atoms with E-state index < -0.39 is 11.4 Å². The highest BCUT2D eigenvalue weighted by Gasteiger charge is 2.65. The standard InChI is InChI=1S/C21H26O5/c1-5-6-15-9-10-21(23-4)20(12-15,22-3)14(2)19(26-21)16-7-8-17-18(11-16)25-13-24-17/h5,7-8,11-12,14,19H,1,6,9-10,13H2,2-4H3/t14-,19+,20+,21-/m1/s1. The maximum Gasteiger partial charge on any atom is 0.231 e. The largest absolute Gasteiger partial charge is 0.454 e. The van der Waals surface area contributed by atoms with Gasteiger partial charge in [0, 0.05) is 26.6 Å². The Kier molecular flexibility index (Phi) is 4.34. The Hall–Kier alpha value is -1.82. The first-order chi connectivity index (χ1) is 12.6. The number of ether oxygens (including phenoxy) is 5. The van der Waals surface area contributed by atoms with E-state index in [1.807, 2.05) is 24.3 Å². The van der Waals surface area contributed by atoms with Gasteiger partial charge in [-0.15, -0.1) is 6.58 Å². The van der Waals surface area contributed by atoms with Crippen LogP contribution in [0.15, 0.2) is 42.5 Å². The molecule has 0 unspecified atom stereocenters. The molecular formula is C21H26O5. The molecule has 0 bridgehead atoms. The van der Waals surface area contributed by atoms with E-state index in [0.29, 0.717) is 0 Å². The van der Waals surface area contributed by atoms with Gasteiger partial charge in [-0.05, 0) is 36.6 Å². The van der Waals surface area contributed by atoms with Crippen molar-refractivity contribution in [1.29, 1.82) is 0 Å². The molecule has 0 N–H and O–H groups in total. The molecule has 140 valence electrons. The molecule has 1 aromatic rings. The van der Waals surface area contributed by atoms with Crippen LogP contribution in [0.4, 0.5) is 0 Å². The summed E-state index contributed by atoms with van der Waals surface area (Å²) in [6, 6.07) is 5.97. The number of allylic oxidation sites excluding steroid dienone is 2. The summed E-state index contributed by atoms with van der Waals surface area (Å²) in [5.74, 6) is 0.794. The lowest BCUT2D eigenvalue weighted by Gasteiger charge is -2.45. The Morgan fingerprint density at radius 2 is 2.04 bits per heavy atom. The minimum Gasteiger partial charge on any atom is -0.454 e. The average Bonchev–Trinajstić information content (AvgIpc) is 3.23. The summed E-state index contributed by atoms with van der Waals surface area (Å²) in [7, 11) is 3.44. The van der Waals surface area contributed by atoms with Crippen LogP contribution >= 0.6 is 0 Å². The molecule has 0 spiro atoms. The lowest BCUT2D eigenvalue weighted by atomic mass is 9.73. The number of rotatable bonds is 5. The maximum absolute atomic E-state index is 6.57. The second-order valence-electron chi connectivity index (χ2n) is 7.19. The van der Waals surface area contributed by atoms with Crippen molar-refractivity contribution in [2.45, 2.75) is 43.7 Å². The zero-order valence-electron chi connectivity index (χ0n) is 15.6. The van der Waals surface area contributed by atoms with Crippen molar-refractivity contribution >= 4 is 0 Å². The third kappa shape index (κ3) is 2.34. The smallest absolute Gasteiger partial charge is 0.231 e. The normalized spacial score (nSPS) is 35.1. The first-order valence-electron chi connectivity index (χ1n) is 9.08. The van der Waals surface area contributed by atoms with Crippen molar-refractivity contribution in [3.05, 3.63) is 48.1 Å². The van der Waals surface area contributed by atoms with Crippen LogP contribution in [0.1, 0.15) is 37.9 Å². The fourth-order valence-corrected chi connectivity index (χ4v) is 4.67. The Balaban J connectivity index is 1.76. The van der Waals surface area contributed by atoms with Crippen molar-refractivity contribution < 1.29 is 23.7 Å². The molecule has 0 amide bonds. The third-order valence-electron chi connectivity index (χ3n) is 6.04. The summed E-state index contributed by atoms with van der Waals surface area (Å²) < 4.78 is 29.6. The van der Waals surface area contributed by atoms with E-state index in [1.165, 1.54) is 5.57 Å². The fourth-order valence-electron chi connectivity index (χ4n) is 4.67. The molecule has 1 saturated heterocycles. The second-order valence-corrected chi connectivity index (χ2v) is 7.19. The number of fused-ring (bicyclic) bond motifs is 2. The van der Waals surface area contributed by atoms with Gasteiger partial charge in [-0.25, -0.2) is 0 Å². The van der Waals surface area contributed by atoms with Crippen molar-refractivity contribution in [2.75, 3.05) is 21.0 Å². The van der Waals surface area contributed by atoms with E-state index in [2.05, 4.69) is 19.6 Å². The molecule has 0 radical (unpaired) electrons. The van der Waals surface area contributed by atoms with Gasteiger partial charge in [0.15, 0.2) is 11.5 Å². The molecule has 4 rings (SSSR count). The van der Waals surface area contributed by atoms with Gasteiger partial charge in [0.05, 0.1) is 6.10 Å². The number of methoxy groups -OCH3 is 2. The lowest BCUT2D eigenvalue weighted by Crippen LogP contribution is -2.56. The highest BCUT2D eigenvalue weighted by atomic mass is 16.7. The Morgan fingerprint density at radius 3 is 2.77 bits per heavy atom. The zero-order valence-corrected chi connectivity index (χ0v) is 15.6. The van der Waals surface area contributed by atoms with Gasteiger partial charge in [0.2, 0.25) is 12.6 Å². The molecular weight excluding hydrogens is 332 g/mol. The van der Waals surface area contributed by atoms with Gasteiger partial charge in [-0.1, -0.05) is 24.6 Å². The van der Waals surface area contributed by atoms with Crippen molar-refractivity contribution in [1.82, 2.24) is 0 Å². The lowest BCUT2D eigenvalue weighted by molar-refractivity contribution is -0.279. The average molecular weight is 358 g/mol. The molecule has 3 aliphatic rings. The summed E-state index contributed by atoms with van der Waals surface area (Å²) in [4.78, 5) is 0. The Bertz CT molecular complexity index is 742. The number of hydrogen-bond acceptors (Lipinski definition) is 5. The van der Waals surface area contributed by atoms with Crippen LogP contribution in [0.2, 0.25) is 0 Å². The number of hydrogen-bond donors (Lipinski definition) is 0. The first kappa shape index (κ1) is 17.6. The van der Waals surface area contributed by atoms with Gasteiger partial charge >= 0.3 is 0 Å². The molecule has 2 heterocycles. The summed E-state index contributed by atoms with van der Waals surface area (Å²) in [6.07, 6.45) is 6.49. The van der Waals surface area contributed by atoms with E-state index in [9.17, 15) is 0 Å². The predicted molar refractivity (Wildman–Crippen MR) is 97.2 cm³/mol. The Labute approximate surface area is 154 Å². The number of benzene rings is 1. The summed E-state index contributed by atoms with van der Waals surface area (Å²) in [5.41, 5.74) is 1.72. The van der Waals surface area contributed by atoms with E-state index in [4.69, 9.17) is 23.7 Å². The van der Waals surface area contributed by atoms with Gasteiger partial charge in [-0.3, -0.25) is 0 Å². The van der Waals surface area contributed by atoms with Crippen molar-refractivity contribution in [2.24, 2.45) is 5.92 Å². The molecule has 0 aromatic heterocycles. The molecule has 1 fully saturated rings. The van der Waals surface area contributed by atoms with Crippen LogP contribution < -0.4 is 9.47 Å². The van der Waals surface area contributed by atoms with Gasteiger partial charge < -0.3 is 23.7 Å². The molecule has 0 saturated carbocycles. The summed E-state index contributed by atoms with van der Waals surface area (Å²) in [5, 5.41) is 0.